The van der Waals surface area contributed by atoms with Crippen molar-refractivity contribution >= 4 is 17.6 Å². The number of rotatable bonds is 6. The Hall–Kier alpha value is -2.79. The summed E-state index contributed by atoms with van der Waals surface area (Å²) in [5.41, 5.74) is 3.78. The number of halogens is 1. The van der Waals surface area contributed by atoms with E-state index in [0.29, 0.717) is 17.5 Å². The van der Waals surface area contributed by atoms with E-state index in [1.807, 2.05) is 72.5 Å². The molecular formula is C22H23ClN4O. The van der Waals surface area contributed by atoms with Crippen molar-refractivity contribution in [3.8, 4) is 16.9 Å². The van der Waals surface area contributed by atoms with E-state index < -0.39 is 0 Å². The number of carbonyl (C=O) groups is 1. The van der Waals surface area contributed by atoms with Crippen LogP contribution in [0.15, 0.2) is 60.8 Å². The molecular weight excluding hydrogens is 372 g/mol. The van der Waals surface area contributed by atoms with Crippen molar-refractivity contribution in [3.63, 3.8) is 0 Å². The van der Waals surface area contributed by atoms with Gasteiger partial charge in [-0.2, -0.15) is 5.10 Å². The van der Waals surface area contributed by atoms with Gasteiger partial charge in [0.1, 0.15) is 0 Å². The van der Waals surface area contributed by atoms with Gasteiger partial charge in [-0.05, 0) is 43.0 Å². The quantitative estimate of drug-likeness (QED) is 0.656. The maximum Gasteiger partial charge on any atom is 0.317 e. The van der Waals surface area contributed by atoms with Crippen LogP contribution in [0.4, 0.5) is 4.79 Å². The maximum absolute atomic E-state index is 12.4. The summed E-state index contributed by atoms with van der Waals surface area (Å²) in [6, 6.07) is 17.5. The molecule has 144 valence electrons. The van der Waals surface area contributed by atoms with Gasteiger partial charge in [-0.1, -0.05) is 41.9 Å². The fourth-order valence-corrected chi connectivity index (χ4v) is 3.23. The zero-order chi connectivity index (χ0) is 19.5. The molecule has 2 amide bonds. The number of hydrogen-bond donors (Lipinski definition) is 1. The first-order valence-electron chi connectivity index (χ1n) is 9.49. The van der Waals surface area contributed by atoms with Crippen molar-refractivity contribution in [2.24, 2.45) is 5.92 Å². The second-order valence-electron chi connectivity index (χ2n) is 7.28. The summed E-state index contributed by atoms with van der Waals surface area (Å²) in [5.74, 6) is 0.655. The van der Waals surface area contributed by atoms with Crippen LogP contribution in [0.2, 0.25) is 5.02 Å². The third-order valence-corrected chi connectivity index (χ3v) is 5.17. The zero-order valence-corrected chi connectivity index (χ0v) is 16.6. The normalized spacial score (nSPS) is 13.4. The van der Waals surface area contributed by atoms with Crippen molar-refractivity contribution in [1.29, 1.82) is 0 Å². The SMILES string of the molecule is CN(Cc1cn(-c2ccccc2)nc1-c1ccc(Cl)cc1)C(=O)NCC1CC1. The average Bonchev–Trinajstić information content (AvgIpc) is 3.46. The van der Waals surface area contributed by atoms with E-state index in [9.17, 15) is 4.79 Å². The molecule has 0 aliphatic heterocycles. The third kappa shape index (κ3) is 4.37. The number of aromatic nitrogens is 2. The molecule has 5 nitrogen and oxygen atoms in total. The van der Waals surface area contributed by atoms with E-state index in [4.69, 9.17) is 16.7 Å². The lowest BCUT2D eigenvalue weighted by atomic mass is 10.1. The lowest BCUT2D eigenvalue weighted by Gasteiger charge is -2.18. The van der Waals surface area contributed by atoms with Gasteiger partial charge in [0, 0.05) is 35.9 Å². The Morgan fingerprint density at radius 1 is 1.18 bits per heavy atom. The molecule has 28 heavy (non-hydrogen) atoms. The Balaban J connectivity index is 1.60. The van der Waals surface area contributed by atoms with Gasteiger partial charge in [-0.15, -0.1) is 0 Å². The van der Waals surface area contributed by atoms with Gasteiger partial charge >= 0.3 is 6.03 Å². The van der Waals surface area contributed by atoms with Crippen LogP contribution >= 0.6 is 11.6 Å². The molecule has 1 aliphatic carbocycles. The number of benzene rings is 2. The molecule has 1 saturated carbocycles. The molecule has 4 rings (SSSR count). The Bertz CT molecular complexity index is 948. The van der Waals surface area contributed by atoms with Crippen LogP contribution in [0.1, 0.15) is 18.4 Å². The minimum absolute atomic E-state index is 0.0542. The molecule has 2 aromatic carbocycles. The molecule has 1 aromatic heterocycles. The number of nitrogens with zero attached hydrogens (tertiary/aromatic N) is 3. The van der Waals surface area contributed by atoms with Crippen LogP contribution in [0.25, 0.3) is 16.9 Å². The van der Waals surface area contributed by atoms with Gasteiger partial charge in [0.05, 0.1) is 17.9 Å². The molecule has 0 unspecified atom stereocenters. The van der Waals surface area contributed by atoms with Crippen LogP contribution in [0.3, 0.4) is 0 Å². The van der Waals surface area contributed by atoms with Crippen LogP contribution in [-0.4, -0.2) is 34.3 Å². The van der Waals surface area contributed by atoms with Gasteiger partial charge in [0.2, 0.25) is 0 Å². The standard InChI is InChI=1S/C22H23ClN4O/c1-26(22(28)24-13-16-7-8-16)14-18-15-27(20-5-3-2-4-6-20)25-21(18)17-9-11-19(23)12-10-17/h2-6,9-12,15-16H,7-8,13-14H2,1H3,(H,24,28). The maximum atomic E-state index is 12.4. The summed E-state index contributed by atoms with van der Waals surface area (Å²) < 4.78 is 1.86. The van der Waals surface area contributed by atoms with Crippen LogP contribution < -0.4 is 5.32 Å². The Labute approximate surface area is 169 Å². The van der Waals surface area contributed by atoms with Crippen molar-refractivity contribution in [3.05, 3.63) is 71.4 Å². The lowest BCUT2D eigenvalue weighted by Crippen LogP contribution is -2.37. The molecule has 1 aliphatic rings. The van der Waals surface area contributed by atoms with E-state index in [1.54, 1.807) is 4.90 Å². The first kappa shape index (κ1) is 18.6. The summed E-state index contributed by atoms with van der Waals surface area (Å²) in [4.78, 5) is 14.1. The summed E-state index contributed by atoms with van der Waals surface area (Å²) >= 11 is 6.04. The summed E-state index contributed by atoms with van der Waals surface area (Å²) in [5, 5.41) is 8.49. The average molecular weight is 395 g/mol. The third-order valence-electron chi connectivity index (χ3n) is 4.92. The number of hydrogen-bond acceptors (Lipinski definition) is 2. The largest absolute Gasteiger partial charge is 0.338 e. The van der Waals surface area contributed by atoms with Gasteiger partial charge in [-0.25, -0.2) is 9.48 Å². The number of urea groups is 1. The van der Waals surface area contributed by atoms with Gasteiger partial charge in [0.15, 0.2) is 0 Å². The van der Waals surface area contributed by atoms with Crippen LogP contribution in [0, 0.1) is 5.92 Å². The van der Waals surface area contributed by atoms with Crippen molar-refractivity contribution < 1.29 is 4.79 Å². The van der Waals surface area contributed by atoms with Crippen molar-refractivity contribution in [2.45, 2.75) is 19.4 Å². The highest BCUT2D eigenvalue weighted by Crippen LogP contribution is 2.28. The first-order valence-corrected chi connectivity index (χ1v) is 9.87. The molecule has 0 radical (unpaired) electrons. The Kier molecular flexibility index (Phi) is 5.35. The molecule has 1 fully saturated rings. The zero-order valence-electron chi connectivity index (χ0n) is 15.8. The summed E-state index contributed by atoms with van der Waals surface area (Å²) in [6.45, 7) is 1.23. The van der Waals surface area contributed by atoms with Crippen molar-refractivity contribution in [1.82, 2.24) is 20.0 Å². The van der Waals surface area contributed by atoms with Gasteiger partial charge in [-0.3, -0.25) is 0 Å². The van der Waals surface area contributed by atoms with E-state index in [-0.39, 0.29) is 6.03 Å². The highest BCUT2D eigenvalue weighted by atomic mass is 35.5. The molecule has 1 N–H and O–H groups in total. The highest BCUT2D eigenvalue weighted by Gasteiger charge is 2.23. The van der Waals surface area contributed by atoms with Gasteiger partial charge in [0.25, 0.3) is 0 Å². The Morgan fingerprint density at radius 2 is 1.89 bits per heavy atom. The number of amides is 2. The molecule has 6 heteroatoms. The van der Waals surface area contributed by atoms with E-state index in [0.717, 1.165) is 29.1 Å². The second-order valence-corrected chi connectivity index (χ2v) is 7.71. The minimum atomic E-state index is -0.0542. The highest BCUT2D eigenvalue weighted by molar-refractivity contribution is 6.30. The topological polar surface area (TPSA) is 50.2 Å². The number of para-hydroxylation sites is 1. The predicted molar refractivity (Wildman–Crippen MR) is 112 cm³/mol. The van der Waals surface area contributed by atoms with Gasteiger partial charge < -0.3 is 10.2 Å². The predicted octanol–water partition coefficient (Wildman–Crippen LogP) is 4.74. The smallest absolute Gasteiger partial charge is 0.317 e. The minimum Gasteiger partial charge on any atom is -0.338 e. The lowest BCUT2D eigenvalue weighted by molar-refractivity contribution is 0.206. The Morgan fingerprint density at radius 3 is 2.57 bits per heavy atom. The molecule has 0 atom stereocenters. The number of carbonyl (C=O) groups excluding carboxylic acids is 1. The van der Waals surface area contributed by atoms with E-state index >= 15 is 0 Å². The number of nitrogens with one attached hydrogen (secondary N) is 1. The van der Waals surface area contributed by atoms with E-state index in [2.05, 4.69) is 5.32 Å². The molecule has 0 saturated heterocycles. The first-order chi connectivity index (χ1) is 13.6. The molecule has 1 heterocycles. The van der Waals surface area contributed by atoms with Crippen LogP contribution in [0.5, 0.6) is 0 Å². The van der Waals surface area contributed by atoms with E-state index in [1.165, 1.54) is 12.8 Å². The fraction of sp³-hybridized carbons (Fsp3) is 0.273. The molecule has 0 spiro atoms. The monoisotopic (exact) mass is 394 g/mol. The van der Waals surface area contributed by atoms with Crippen LogP contribution in [-0.2, 0) is 6.54 Å². The summed E-state index contributed by atoms with van der Waals surface area (Å²) in [7, 11) is 1.81. The van der Waals surface area contributed by atoms with Crippen molar-refractivity contribution in [2.75, 3.05) is 13.6 Å². The second kappa shape index (κ2) is 8.07. The molecule has 0 bridgehead atoms. The molecule has 3 aromatic rings. The summed E-state index contributed by atoms with van der Waals surface area (Å²) in [6.07, 6.45) is 4.42. The fourth-order valence-electron chi connectivity index (χ4n) is 3.11.